The lowest BCUT2D eigenvalue weighted by atomic mass is 9.84. The molecule has 0 bridgehead atoms. The van der Waals surface area contributed by atoms with Gasteiger partial charge in [0, 0.05) is 13.1 Å². The lowest BCUT2D eigenvalue weighted by Gasteiger charge is -2.25. The third-order valence-electron chi connectivity index (χ3n) is 4.89. The fraction of sp³-hybridized carbons (Fsp3) is 1.00. The Labute approximate surface area is 95.2 Å². The molecule has 2 fully saturated rings. The van der Waals surface area contributed by atoms with Crippen molar-refractivity contribution in [1.29, 1.82) is 0 Å². The summed E-state index contributed by atoms with van der Waals surface area (Å²) >= 11 is 0. The fourth-order valence-electron chi connectivity index (χ4n) is 4.09. The highest BCUT2D eigenvalue weighted by atomic mass is 15.2. The van der Waals surface area contributed by atoms with Crippen molar-refractivity contribution in [2.75, 3.05) is 19.6 Å². The molecule has 1 heteroatoms. The second kappa shape index (κ2) is 4.45. The molecule has 2 rings (SSSR count). The normalized spacial score (nSPS) is 41.4. The number of fused-ring (bicyclic) bond motifs is 1. The van der Waals surface area contributed by atoms with Gasteiger partial charge in [0.25, 0.3) is 0 Å². The van der Waals surface area contributed by atoms with Crippen molar-refractivity contribution in [2.24, 2.45) is 29.6 Å². The molecule has 1 heterocycles. The minimum absolute atomic E-state index is 0.894. The van der Waals surface area contributed by atoms with Crippen molar-refractivity contribution in [1.82, 2.24) is 4.90 Å². The van der Waals surface area contributed by atoms with E-state index in [1.165, 1.54) is 32.5 Å². The smallest absolute Gasteiger partial charge is 0.00156 e. The summed E-state index contributed by atoms with van der Waals surface area (Å²) in [4.78, 5) is 2.70. The summed E-state index contributed by atoms with van der Waals surface area (Å²) in [5.41, 5.74) is 0. The zero-order valence-electron chi connectivity index (χ0n) is 10.9. The van der Waals surface area contributed by atoms with Gasteiger partial charge in [-0.25, -0.2) is 0 Å². The summed E-state index contributed by atoms with van der Waals surface area (Å²) in [6.45, 7) is 13.7. The first-order valence-electron chi connectivity index (χ1n) is 6.85. The molecular weight excluding hydrogens is 182 g/mol. The van der Waals surface area contributed by atoms with Gasteiger partial charge < -0.3 is 4.90 Å². The first-order chi connectivity index (χ1) is 7.13. The van der Waals surface area contributed by atoms with Crippen LogP contribution in [0.15, 0.2) is 0 Å². The molecule has 0 radical (unpaired) electrons. The minimum Gasteiger partial charge on any atom is -0.303 e. The SMILES string of the molecule is CCCN1CC2CC(C(C)C)C(C)C2C1. The molecule has 0 aromatic carbocycles. The Balaban J connectivity index is 1.94. The topological polar surface area (TPSA) is 3.24 Å². The molecule has 1 aliphatic carbocycles. The predicted molar refractivity (Wildman–Crippen MR) is 65.8 cm³/mol. The largest absolute Gasteiger partial charge is 0.303 e. The van der Waals surface area contributed by atoms with Gasteiger partial charge in [-0.1, -0.05) is 27.7 Å². The molecule has 0 aromatic rings. The van der Waals surface area contributed by atoms with E-state index in [1.54, 1.807) is 0 Å². The third kappa shape index (κ3) is 2.08. The maximum atomic E-state index is 2.70. The number of hydrogen-bond acceptors (Lipinski definition) is 1. The molecule has 15 heavy (non-hydrogen) atoms. The van der Waals surface area contributed by atoms with Crippen LogP contribution in [0.25, 0.3) is 0 Å². The van der Waals surface area contributed by atoms with Crippen LogP contribution >= 0.6 is 0 Å². The second-order valence-electron chi connectivity index (χ2n) is 6.19. The first-order valence-corrected chi connectivity index (χ1v) is 6.85. The summed E-state index contributed by atoms with van der Waals surface area (Å²) in [5, 5.41) is 0. The summed E-state index contributed by atoms with van der Waals surface area (Å²) in [5.74, 6) is 4.91. The summed E-state index contributed by atoms with van der Waals surface area (Å²) in [6, 6.07) is 0. The van der Waals surface area contributed by atoms with Crippen molar-refractivity contribution in [3.05, 3.63) is 0 Å². The van der Waals surface area contributed by atoms with Gasteiger partial charge in [-0.15, -0.1) is 0 Å². The van der Waals surface area contributed by atoms with Crippen LogP contribution in [0.1, 0.15) is 40.5 Å². The highest BCUT2D eigenvalue weighted by Crippen LogP contribution is 2.48. The van der Waals surface area contributed by atoms with Crippen molar-refractivity contribution in [2.45, 2.75) is 40.5 Å². The molecule has 1 nitrogen and oxygen atoms in total. The van der Waals surface area contributed by atoms with Crippen molar-refractivity contribution >= 4 is 0 Å². The second-order valence-corrected chi connectivity index (χ2v) is 6.19. The molecule has 0 N–H and O–H groups in total. The van der Waals surface area contributed by atoms with Gasteiger partial charge in [0.05, 0.1) is 0 Å². The van der Waals surface area contributed by atoms with E-state index in [2.05, 4.69) is 32.6 Å². The van der Waals surface area contributed by atoms with E-state index in [0.717, 1.165) is 29.6 Å². The quantitative estimate of drug-likeness (QED) is 0.689. The monoisotopic (exact) mass is 209 g/mol. The van der Waals surface area contributed by atoms with E-state index in [-0.39, 0.29) is 0 Å². The predicted octanol–water partition coefficient (Wildman–Crippen LogP) is 3.26. The molecule has 1 saturated carbocycles. The molecule has 4 unspecified atom stereocenters. The average molecular weight is 209 g/mol. The number of hydrogen-bond donors (Lipinski definition) is 0. The number of rotatable bonds is 3. The van der Waals surface area contributed by atoms with Gasteiger partial charge in [-0.3, -0.25) is 0 Å². The van der Waals surface area contributed by atoms with Crippen molar-refractivity contribution < 1.29 is 0 Å². The Kier molecular flexibility index (Phi) is 3.39. The molecule has 0 aromatic heterocycles. The lowest BCUT2D eigenvalue weighted by Crippen LogP contribution is -2.26. The summed E-state index contributed by atoms with van der Waals surface area (Å²) in [7, 11) is 0. The molecule has 1 aliphatic heterocycles. The Bertz CT molecular complexity index is 211. The molecule has 0 spiro atoms. The van der Waals surface area contributed by atoms with Crippen LogP contribution < -0.4 is 0 Å². The highest BCUT2D eigenvalue weighted by Gasteiger charge is 2.45. The molecule has 4 atom stereocenters. The van der Waals surface area contributed by atoms with Crippen LogP contribution in [0, 0.1) is 29.6 Å². The first kappa shape index (κ1) is 11.4. The van der Waals surface area contributed by atoms with Gasteiger partial charge in [0.2, 0.25) is 0 Å². The van der Waals surface area contributed by atoms with Crippen LogP contribution in [-0.4, -0.2) is 24.5 Å². The summed E-state index contributed by atoms with van der Waals surface area (Å²) < 4.78 is 0. The molecule has 88 valence electrons. The Hall–Kier alpha value is -0.0400. The zero-order chi connectivity index (χ0) is 11.0. The van der Waals surface area contributed by atoms with Crippen molar-refractivity contribution in [3.8, 4) is 0 Å². The van der Waals surface area contributed by atoms with Gasteiger partial charge in [-0.2, -0.15) is 0 Å². The molecular formula is C14H27N. The average Bonchev–Trinajstić information content (AvgIpc) is 2.67. The lowest BCUT2D eigenvalue weighted by molar-refractivity contribution is 0.230. The van der Waals surface area contributed by atoms with E-state index in [9.17, 15) is 0 Å². The van der Waals surface area contributed by atoms with Crippen LogP contribution in [0.3, 0.4) is 0 Å². The Morgan fingerprint density at radius 2 is 2.00 bits per heavy atom. The van der Waals surface area contributed by atoms with E-state index in [1.807, 2.05) is 0 Å². The van der Waals surface area contributed by atoms with E-state index >= 15 is 0 Å². The number of likely N-dealkylation sites (tertiary alicyclic amines) is 1. The van der Waals surface area contributed by atoms with E-state index in [0.29, 0.717) is 0 Å². The Morgan fingerprint density at radius 1 is 1.27 bits per heavy atom. The Morgan fingerprint density at radius 3 is 2.53 bits per heavy atom. The zero-order valence-corrected chi connectivity index (χ0v) is 10.9. The van der Waals surface area contributed by atoms with E-state index in [4.69, 9.17) is 0 Å². The van der Waals surface area contributed by atoms with Gasteiger partial charge >= 0.3 is 0 Å². The van der Waals surface area contributed by atoms with E-state index < -0.39 is 0 Å². The molecule has 1 saturated heterocycles. The van der Waals surface area contributed by atoms with Gasteiger partial charge in [0.15, 0.2) is 0 Å². The van der Waals surface area contributed by atoms with Gasteiger partial charge in [-0.05, 0) is 49.0 Å². The molecule has 0 amide bonds. The van der Waals surface area contributed by atoms with Crippen LogP contribution in [0.4, 0.5) is 0 Å². The summed E-state index contributed by atoms with van der Waals surface area (Å²) in [6.07, 6.45) is 2.82. The number of nitrogens with zero attached hydrogens (tertiary/aromatic N) is 1. The third-order valence-corrected chi connectivity index (χ3v) is 4.89. The minimum atomic E-state index is 0.894. The van der Waals surface area contributed by atoms with Crippen LogP contribution in [0.5, 0.6) is 0 Å². The van der Waals surface area contributed by atoms with Crippen LogP contribution in [-0.2, 0) is 0 Å². The molecule has 2 aliphatic rings. The highest BCUT2D eigenvalue weighted by molar-refractivity contribution is 4.96. The van der Waals surface area contributed by atoms with Gasteiger partial charge in [0.1, 0.15) is 0 Å². The fourth-order valence-corrected chi connectivity index (χ4v) is 4.09. The maximum absolute atomic E-state index is 2.70. The maximum Gasteiger partial charge on any atom is 0.00156 e. The van der Waals surface area contributed by atoms with Crippen LogP contribution in [0.2, 0.25) is 0 Å². The van der Waals surface area contributed by atoms with Crippen molar-refractivity contribution in [3.63, 3.8) is 0 Å². The standard InChI is InChI=1S/C14H27N/c1-5-6-15-8-12-7-13(10(2)3)11(4)14(12)9-15/h10-14H,5-9H2,1-4H3.